The zero-order chi connectivity index (χ0) is 29.6. The highest BCUT2D eigenvalue weighted by Crippen LogP contribution is 2.28. The Morgan fingerprint density at radius 2 is 1.57 bits per heavy atom. The number of aromatic nitrogens is 2. The third kappa shape index (κ3) is 6.20. The van der Waals surface area contributed by atoms with Crippen LogP contribution >= 0.6 is 0 Å². The lowest BCUT2D eigenvalue weighted by molar-refractivity contribution is 0.0697. The van der Waals surface area contributed by atoms with E-state index in [1.807, 2.05) is 78.9 Å². The van der Waals surface area contributed by atoms with E-state index in [4.69, 9.17) is 4.98 Å². The van der Waals surface area contributed by atoms with Crippen molar-refractivity contribution in [3.8, 4) is 11.1 Å². The Morgan fingerprint density at radius 1 is 0.857 bits per heavy atom. The third-order valence-corrected chi connectivity index (χ3v) is 7.44. The van der Waals surface area contributed by atoms with Crippen LogP contribution in [0.2, 0.25) is 0 Å². The van der Waals surface area contributed by atoms with Gasteiger partial charge in [0, 0.05) is 32.7 Å². The summed E-state index contributed by atoms with van der Waals surface area (Å²) in [5.74, 6) is 0.0721. The first kappa shape index (κ1) is 28.6. The van der Waals surface area contributed by atoms with Gasteiger partial charge in [-0.05, 0) is 52.9 Å². The zero-order valence-corrected chi connectivity index (χ0v) is 24.3. The SMILES string of the molecule is CCCCc1nc2ccc(N(Cc3ccccc3)C(=O)N(C)C)cc2n1Cc1ccc(-c2ccccc2C(=O)O)cc1. The zero-order valence-electron chi connectivity index (χ0n) is 24.3. The van der Waals surface area contributed by atoms with Gasteiger partial charge in [-0.1, -0.05) is 86.1 Å². The van der Waals surface area contributed by atoms with Gasteiger partial charge >= 0.3 is 12.0 Å². The molecule has 0 aliphatic heterocycles. The number of amides is 2. The fraction of sp³-hybridized carbons (Fsp3) is 0.229. The highest BCUT2D eigenvalue weighted by Gasteiger charge is 2.20. The minimum Gasteiger partial charge on any atom is -0.478 e. The van der Waals surface area contributed by atoms with E-state index in [1.54, 1.807) is 36.0 Å². The summed E-state index contributed by atoms with van der Waals surface area (Å²) in [5.41, 5.74) is 6.66. The van der Waals surface area contributed by atoms with Crippen molar-refractivity contribution in [3.63, 3.8) is 0 Å². The summed E-state index contributed by atoms with van der Waals surface area (Å²) in [7, 11) is 3.54. The van der Waals surface area contributed by atoms with Crippen LogP contribution in [0.5, 0.6) is 0 Å². The molecular formula is C35H36N4O3. The summed E-state index contributed by atoms with van der Waals surface area (Å²) in [5, 5.41) is 9.63. The maximum Gasteiger partial charge on any atom is 0.336 e. The predicted molar refractivity (Wildman–Crippen MR) is 168 cm³/mol. The van der Waals surface area contributed by atoms with E-state index in [0.29, 0.717) is 18.7 Å². The van der Waals surface area contributed by atoms with Crippen molar-refractivity contribution in [1.29, 1.82) is 0 Å². The summed E-state index contributed by atoms with van der Waals surface area (Å²) in [6.07, 6.45) is 2.95. The van der Waals surface area contributed by atoms with Crippen molar-refractivity contribution < 1.29 is 14.7 Å². The van der Waals surface area contributed by atoms with Gasteiger partial charge in [0.1, 0.15) is 5.82 Å². The molecule has 5 rings (SSSR count). The predicted octanol–water partition coefficient (Wildman–Crippen LogP) is 7.48. The summed E-state index contributed by atoms with van der Waals surface area (Å²) < 4.78 is 2.25. The second-order valence-corrected chi connectivity index (χ2v) is 10.7. The molecule has 1 aromatic heterocycles. The lowest BCUT2D eigenvalue weighted by Crippen LogP contribution is -2.38. The first-order chi connectivity index (χ1) is 20.4. The summed E-state index contributed by atoms with van der Waals surface area (Å²) in [6.45, 7) is 3.24. The average molecular weight is 561 g/mol. The minimum absolute atomic E-state index is 0.0901. The van der Waals surface area contributed by atoms with E-state index in [0.717, 1.165) is 58.5 Å². The molecule has 0 unspecified atom stereocenters. The third-order valence-electron chi connectivity index (χ3n) is 7.44. The van der Waals surface area contributed by atoms with Crippen LogP contribution in [-0.2, 0) is 19.5 Å². The number of imidazole rings is 1. The van der Waals surface area contributed by atoms with Gasteiger partial charge in [-0.15, -0.1) is 0 Å². The molecule has 0 spiro atoms. The molecule has 0 fully saturated rings. The minimum atomic E-state index is -0.940. The van der Waals surface area contributed by atoms with Gasteiger partial charge in [0.25, 0.3) is 0 Å². The number of rotatable bonds is 10. The topological polar surface area (TPSA) is 78.7 Å². The summed E-state index contributed by atoms with van der Waals surface area (Å²) >= 11 is 0. The van der Waals surface area contributed by atoms with Gasteiger partial charge in [-0.25, -0.2) is 14.6 Å². The summed E-state index contributed by atoms with van der Waals surface area (Å²) in [4.78, 5) is 33.4. The molecule has 7 nitrogen and oxygen atoms in total. The highest BCUT2D eigenvalue weighted by molar-refractivity contribution is 5.96. The summed E-state index contributed by atoms with van der Waals surface area (Å²) in [6, 6.07) is 31.1. The van der Waals surface area contributed by atoms with Crippen molar-refractivity contribution in [2.75, 3.05) is 19.0 Å². The number of carbonyl (C=O) groups is 2. The van der Waals surface area contributed by atoms with Gasteiger partial charge in [0.05, 0.1) is 23.1 Å². The average Bonchev–Trinajstić information content (AvgIpc) is 3.35. The maximum absolute atomic E-state index is 13.3. The lowest BCUT2D eigenvalue weighted by atomic mass is 9.99. The Morgan fingerprint density at radius 3 is 2.26 bits per heavy atom. The number of benzene rings is 4. The molecule has 1 heterocycles. The normalized spacial score (nSPS) is 11.0. The number of hydrogen-bond acceptors (Lipinski definition) is 3. The van der Waals surface area contributed by atoms with Crippen LogP contribution < -0.4 is 4.90 Å². The molecule has 0 saturated carbocycles. The number of aryl methyl sites for hydroxylation is 1. The van der Waals surface area contributed by atoms with Crippen LogP contribution in [0.4, 0.5) is 10.5 Å². The molecule has 0 bridgehead atoms. The van der Waals surface area contributed by atoms with Crippen molar-refractivity contribution in [1.82, 2.24) is 14.5 Å². The smallest absolute Gasteiger partial charge is 0.336 e. The second kappa shape index (κ2) is 12.7. The molecule has 0 aliphatic carbocycles. The number of urea groups is 1. The Labute approximate surface area is 246 Å². The Hall–Kier alpha value is -4.91. The van der Waals surface area contributed by atoms with E-state index < -0.39 is 5.97 Å². The molecule has 42 heavy (non-hydrogen) atoms. The molecule has 0 aliphatic rings. The van der Waals surface area contributed by atoms with Crippen LogP contribution in [0.3, 0.4) is 0 Å². The van der Waals surface area contributed by atoms with E-state index >= 15 is 0 Å². The van der Waals surface area contributed by atoms with Crippen molar-refractivity contribution >= 4 is 28.7 Å². The molecule has 214 valence electrons. The van der Waals surface area contributed by atoms with Crippen LogP contribution in [-0.4, -0.2) is 45.7 Å². The van der Waals surface area contributed by atoms with Gasteiger partial charge in [0.15, 0.2) is 0 Å². The monoisotopic (exact) mass is 560 g/mol. The van der Waals surface area contributed by atoms with E-state index in [2.05, 4.69) is 17.6 Å². The standard InChI is InChI=1S/C35H36N4O3/c1-4-5-15-33-36-31-21-20-28(38(35(42)37(2)3)23-25-11-7-6-8-12-25)22-32(31)39(33)24-26-16-18-27(19-17-26)29-13-9-10-14-30(29)34(40)41/h6-14,16-22H,4-5,15,23-24H2,1-3H3,(H,40,41). The number of anilines is 1. The molecule has 4 aromatic carbocycles. The molecule has 0 radical (unpaired) electrons. The van der Waals surface area contributed by atoms with Crippen LogP contribution in [0.1, 0.15) is 47.1 Å². The van der Waals surface area contributed by atoms with Crippen LogP contribution in [0.15, 0.2) is 97.1 Å². The molecule has 1 N–H and O–H groups in total. The molecule has 0 atom stereocenters. The second-order valence-electron chi connectivity index (χ2n) is 10.7. The van der Waals surface area contributed by atoms with Gasteiger partial charge in [0.2, 0.25) is 0 Å². The molecule has 5 aromatic rings. The van der Waals surface area contributed by atoms with E-state index in [1.165, 1.54) is 0 Å². The van der Waals surface area contributed by atoms with Gasteiger partial charge in [-0.3, -0.25) is 4.90 Å². The first-order valence-corrected chi connectivity index (χ1v) is 14.3. The number of carbonyl (C=O) groups excluding carboxylic acids is 1. The number of fused-ring (bicyclic) bond motifs is 1. The molecular weight excluding hydrogens is 524 g/mol. The number of nitrogens with zero attached hydrogens (tertiary/aromatic N) is 4. The fourth-order valence-corrected chi connectivity index (χ4v) is 5.20. The van der Waals surface area contributed by atoms with E-state index in [9.17, 15) is 14.7 Å². The number of aromatic carboxylic acids is 1. The van der Waals surface area contributed by atoms with Crippen LogP contribution in [0.25, 0.3) is 22.2 Å². The maximum atomic E-state index is 13.3. The van der Waals surface area contributed by atoms with Crippen molar-refractivity contribution in [2.24, 2.45) is 0 Å². The molecule has 7 heteroatoms. The quantitative estimate of drug-likeness (QED) is 0.192. The van der Waals surface area contributed by atoms with Crippen molar-refractivity contribution in [3.05, 3.63) is 120 Å². The number of unbranched alkanes of at least 4 members (excludes halogenated alkanes) is 1. The Balaban J connectivity index is 1.52. The van der Waals surface area contributed by atoms with Gasteiger partial charge < -0.3 is 14.6 Å². The van der Waals surface area contributed by atoms with Gasteiger partial charge in [-0.2, -0.15) is 0 Å². The Kier molecular flexibility index (Phi) is 8.67. The Bertz CT molecular complexity index is 1690. The molecule has 2 amide bonds. The number of carboxylic acids is 1. The number of hydrogen-bond donors (Lipinski definition) is 1. The number of carboxylic acid groups (broad SMARTS) is 1. The first-order valence-electron chi connectivity index (χ1n) is 14.3. The van der Waals surface area contributed by atoms with Crippen molar-refractivity contribution in [2.45, 2.75) is 39.3 Å². The van der Waals surface area contributed by atoms with E-state index in [-0.39, 0.29) is 11.6 Å². The molecule has 0 saturated heterocycles. The lowest BCUT2D eigenvalue weighted by Gasteiger charge is -2.26. The largest absolute Gasteiger partial charge is 0.478 e. The van der Waals surface area contributed by atoms with Crippen LogP contribution in [0, 0.1) is 0 Å². The fourth-order valence-electron chi connectivity index (χ4n) is 5.20. The highest BCUT2D eigenvalue weighted by atomic mass is 16.4.